The van der Waals surface area contributed by atoms with Crippen LogP contribution >= 0.6 is 0 Å². The second-order valence-corrected chi connectivity index (χ2v) is 4.65. The number of likely N-dealkylation sites (N-methyl/N-ethyl adjacent to an activating group) is 1. The Morgan fingerprint density at radius 3 is 2.08 bits per heavy atom. The summed E-state index contributed by atoms with van der Waals surface area (Å²) in [4.78, 5) is 0. The molecule has 0 aromatic rings. The lowest BCUT2D eigenvalue weighted by Gasteiger charge is -2.29. The number of hydrogen-bond donors (Lipinski definition) is 1. The van der Waals surface area contributed by atoms with Crippen LogP contribution in [0.3, 0.4) is 0 Å². The number of rotatable bonds is 3. The topological polar surface area (TPSA) is 12.0 Å². The first kappa shape index (κ1) is 11.7. The Bertz CT molecular complexity index is 147. The van der Waals surface area contributed by atoms with E-state index in [1.165, 1.54) is 5.57 Å². The lowest BCUT2D eigenvalue weighted by Crippen LogP contribution is -2.38. The van der Waals surface area contributed by atoms with Crippen molar-refractivity contribution in [2.45, 2.75) is 47.6 Å². The molecule has 1 heteroatoms. The van der Waals surface area contributed by atoms with Gasteiger partial charge in [0.15, 0.2) is 0 Å². The van der Waals surface area contributed by atoms with E-state index in [9.17, 15) is 0 Å². The van der Waals surface area contributed by atoms with Gasteiger partial charge in [-0.1, -0.05) is 39.3 Å². The summed E-state index contributed by atoms with van der Waals surface area (Å²) in [5, 5.41) is 3.48. The summed E-state index contributed by atoms with van der Waals surface area (Å²) in [5.41, 5.74) is 1.70. The van der Waals surface area contributed by atoms with E-state index in [2.05, 4.69) is 52.9 Å². The maximum atomic E-state index is 3.48. The van der Waals surface area contributed by atoms with Gasteiger partial charge in [0.2, 0.25) is 0 Å². The molecule has 0 rings (SSSR count). The standard InChI is InChI=1S/C11H23N/c1-7-12-10(8-9(2)3)11(4,5)6/h8,10,12H,7H2,1-6H3. The van der Waals surface area contributed by atoms with Crippen molar-refractivity contribution in [1.82, 2.24) is 5.32 Å². The third kappa shape index (κ3) is 4.55. The van der Waals surface area contributed by atoms with Crippen molar-refractivity contribution >= 4 is 0 Å². The molecule has 1 unspecified atom stereocenters. The van der Waals surface area contributed by atoms with Crippen LogP contribution in [0.1, 0.15) is 41.5 Å². The van der Waals surface area contributed by atoms with Crippen LogP contribution in [0.2, 0.25) is 0 Å². The fraction of sp³-hybridized carbons (Fsp3) is 0.818. The van der Waals surface area contributed by atoms with Gasteiger partial charge in [0.25, 0.3) is 0 Å². The van der Waals surface area contributed by atoms with Gasteiger partial charge >= 0.3 is 0 Å². The zero-order valence-corrected chi connectivity index (χ0v) is 9.36. The molecule has 0 aliphatic carbocycles. The van der Waals surface area contributed by atoms with Crippen molar-refractivity contribution in [2.24, 2.45) is 5.41 Å². The van der Waals surface area contributed by atoms with Crippen LogP contribution in [0.5, 0.6) is 0 Å². The second-order valence-electron chi connectivity index (χ2n) is 4.65. The molecule has 0 aliphatic heterocycles. The van der Waals surface area contributed by atoms with E-state index in [0.717, 1.165) is 6.54 Å². The Labute approximate surface area is 77.2 Å². The summed E-state index contributed by atoms with van der Waals surface area (Å²) in [7, 11) is 0. The van der Waals surface area contributed by atoms with Gasteiger partial charge in [0, 0.05) is 6.04 Å². The highest BCUT2D eigenvalue weighted by Gasteiger charge is 2.20. The van der Waals surface area contributed by atoms with Crippen molar-refractivity contribution in [2.75, 3.05) is 6.54 Å². The van der Waals surface area contributed by atoms with E-state index < -0.39 is 0 Å². The summed E-state index contributed by atoms with van der Waals surface area (Å²) in [6, 6.07) is 0.493. The van der Waals surface area contributed by atoms with E-state index in [1.54, 1.807) is 0 Å². The maximum absolute atomic E-state index is 3.48. The van der Waals surface area contributed by atoms with Crippen molar-refractivity contribution in [3.8, 4) is 0 Å². The molecule has 0 spiro atoms. The average molecular weight is 169 g/mol. The lowest BCUT2D eigenvalue weighted by atomic mass is 9.86. The number of nitrogens with one attached hydrogen (secondary N) is 1. The van der Waals surface area contributed by atoms with E-state index in [0.29, 0.717) is 11.5 Å². The first-order chi connectivity index (χ1) is 5.38. The molecule has 0 radical (unpaired) electrons. The first-order valence-corrected chi connectivity index (χ1v) is 4.76. The quantitative estimate of drug-likeness (QED) is 0.640. The van der Waals surface area contributed by atoms with Crippen LogP contribution in [0.15, 0.2) is 11.6 Å². The summed E-state index contributed by atoms with van der Waals surface area (Å²) in [6.07, 6.45) is 2.31. The zero-order chi connectivity index (χ0) is 9.78. The molecule has 0 aromatic carbocycles. The summed E-state index contributed by atoms with van der Waals surface area (Å²) < 4.78 is 0. The molecule has 0 amide bonds. The third-order valence-corrected chi connectivity index (χ3v) is 1.86. The van der Waals surface area contributed by atoms with Gasteiger partial charge in [-0.05, 0) is 25.8 Å². The van der Waals surface area contributed by atoms with Gasteiger partial charge in [0.1, 0.15) is 0 Å². The highest BCUT2D eigenvalue weighted by molar-refractivity contribution is 5.04. The van der Waals surface area contributed by atoms with Crippen molar-refractivity contribution in [3.05, 3.63) is 11.6 Å². The van der Waals surface area contributed by atoms with Gasteiger partial charge in [-0.15, -0.1) is 0 Å². The molecule has 0 bridgehead atoms. The Hall–Kier alpha value is -0.300. The average Bonchev–Trinajstić information content (AvgIpc) is 1.83. The first-order valence-electron chi connectivity index (χ1n) is 4.76. The van der Waals surface area contributed by atoms with E-state index in [-0.39, 0.29) is 0 Å². The minimum Gasteiger partial charge on any atom is -0.310 e. The Morgan fingerprint density at radius 2 is 1.83 bits per heavy atom. The fourth-order valence-corrected chi connectivity index (χ4v) is 1.17. The third-order valence-electron chi connectivity index (χ3n) is 1.86. The van der Waals surface area contributed by atoms with Gasteiger partial charge in [-0.25, -0.2) is 0 Å². The van der Waals surface area contributed by atoms with Crippen LogP contribution in [0, 0.1) is 5.41 Å². The number of allylic oxidation sites excluding steroid dienone is 1. The number of hydrogen-bond acceptors (Lipinski definition) is 1. The molecule has 1 atom stereocenters. The van der Waals surface area contributed by atoms with Crippen LogP contribution in [0.4, 0.5) is 0 Å². The SMILES string of the molecule is CCNC(C=C(C)C)C(C)(C)C. The Morgan fingerprint density at radius 1 is 1.33 bits per heavy atom. The Balaban J connectivity index is 4.34. The van der Waals surface area contributed by atoms with Crippen LogP contribution < -0.4 is 5.32 Å². The maximum Gasteiger partial charge on any atom is 0.0301 e. The predicted molar refractivity (Wildman–Crippen MR) is 56.4 cm³/mol. The van der Waals surface area contributed by atoms with Crippen LogP contribution in [-0.4, -0.2) is 12.6 Å². The Kier molecular flexibility index (Phi) is 4.54. The summed E-state index contributed by atoms with van der Waals surface area (Å²) in [5.74, 6) is 0. The minimum atomic E-state index is 0.313. The smallest absolute Gasteiger partial charge is 0.0301 e. The molecule has 72 valence electrons. The molecule has 0 fully saturated rings. The van der Waals surface area contributed by atoms with Crippen LogP contribution in [-0.2, 0) is 0 Å². The highest BCUT2D eigenvalue weighted by Crippen LogP contribution is 2.20. The highest BCUT2D eigenvalue weighted by atomic mass is 14.9. The minimum absolute atomic E-state index is 0.313. The van der Waals surface area contributed by atoms with Gasteiger partial charge in [0.05, 0.1) is 0 Å². The van der Waals surface area contributed by atoms with Gasteiger partial charge in [-0.2, -0.15) is 0 Å². The summed E-state index contributed by atoms with van der Waals surface area (Å²) >= 11 is 0. The van der Waals surface area contributed by atoms with Crippen molar-refractivity contribution < 1.29 is 0 Å². The fourth-order valence-electron chi connectivity index (χ4n) is 1.17. The molecule has 0 aliphatic rings. The molecule has 0 aromatic heterocycles. The molecular formula is C11H23N. The largest absolute Gasteiger partial charge is 0.310 e. The molecule has 12 heavy (non-hydrogen) atoms. The monoisotopic (exact) mass is 169 g/mol. The molecule has 1 nitrogen and oxygen atoms in total. The van der Waals surface area contributed by atoms with E-state index >= 15 is 0 Å². The van der Waals surface area contributed by atoms with E-state index in [4.69, 9.17) is 0 Å². The summed E-state index contributed by atoms with van der Waals surface area (Å²) in [6.45, 7) is 14.3. The molecule has 0 saturated heterocycles. The predicted octanol–water partition coefficient (Wildman–Crippen LogP) is 2.98. The zero-order valence-electron chi connectivity index (χ0n) is 9.36. The molecule has 1 N–H and O–H groups in total. The lowest BCUT2D eigenvalue weighted by molar-refractivity contribution is 0.317. The van der Waals surface area contributed by atoms with Gasteiger partial charge in [-0.3, -0.25) is 0 Å². The normalized spacial score (nSPS) is 14.2. The van der Waals surface area contributed by atoms with Gasteiger partial charge < -0.3 is 5.32 Å². The molecule has 0 heterocycles. The van der Waals surface area contributed by atoms with Crippen molar-refractivity contribution in [1.29, 1.82) is 0 Å². The van der Waals surface area contributed by atoms with Crippen molar-refractivity contribution in [3.63, 3.8) is 0 Å². The molecular weight excluding hydrogens is 146 g/mol. The second kappa shape index (κ2) is 4.66. The van der Waals surface area contributed by atoms with Crippen LogP contribution in [0.25, 0.3) is 0 Å². The molecule has 0 saturated carbocycles. The van der Waals surface area contributed by atoms with E-state index in [1.807, 2.05) is 0 Å².